The molecule has 2 aromatic carbocycles. The first-order chi connectivity index (χ1) is 14.2. The molecule has 9 heteroatoms. The lowest BCUT2D eigenvalue weighted by Crippen LogP contribution is -2.25. The van der Waals surface area contributed by atoms with Crippen molar-refractivity contribution in [3.63, 3.8) is 0 Å². The van der Waals surface area contributed by atoms with Gasteiger partial charge in [-0.1, -0.05) is 19.1 Å². The number of carbonyl (C=O) groups is 2. The summed E-state index contributed by atoms with van der Waals surface area (Å²) in [6.07, 6.45) is 1.24. The Morgan fingerprint density at radius 1 is 1.07 bits per heavy atom. The molecular weight excluding hydrogens is 406 g/mol. The first kappa shape index (κ1) is 23.4. The van der Waals surface area contributed by atoms with Gasteiger partial charge in [-0.2, -0.15) is 0 Å². The molecule has 162 valence electrons. The van der Waals surface area contributed by atoms with Crippen molar-refractivity contribution >= 4 is 27.5 Å². The molecule has 2 rings (SSSR count). The third-order valence-electron chi connectivity index (χ3n) is 4.35. The Hall–Kier alpha value is -2.91. The third-order valence-corrected chi connectivity index (χ3v) is 6.19. The summed E-state index contributed by atoms with van der Waals surface area (Å²) in [7, 11) is 0.430. The minimum absolute atomic E-state index is 0.0402. The SMILES string of the molecule is CCCC(=O)Nc1ccc(CNC(=O)c2ccc(OC)c(S(=O)(=O)N(C)C)c2)cc1. The standard InChI is InChI=1S/C21H27N3O5S/c1-5-6-20(25)23-17-10-7-15(8-11-17)14-22-21(26)16-9-12-18(29-4)19(13-16)30(27,28)24(2)3/h7-13H,5-6,14H2,1-4H3,(H,22,26)(H,23,25). The molecule has 0 aliphatic carbocycles. The van der Waals surface area contributed by atoms with Crippen LogP contribution in [0.15, 0.2) is 47.4 Å². The molecule has 0 aliphatic heterocycles. The average Bonchev–Trinajstić information content (AvgIpc) is 2.72. The van der Waals surface area contributed by atoms with Gasteiger partial charge in [-0.05, 0) is 42.3 Å². The summed E-state index contributed by atoms with van der Waals surface area (Å²) in [4.78, 5) is 24.1. The Labute approximate surface area is 177 Å². The molecule has 0 spiro atoms. The number of nitrogens with one attached hydrogen (secondary N) is 2. The van der Waals surface area contributed by atoms with Gasteiger partial charge in [-0.3, -0.25) is 9.59 Å². The van der Waals surface area contributed by atoms with Gasteiger partial charge in [0.05, 0.1) is 7.11 Å². The molecule has 0 saturated heterocycles. The number of benzene rings is 2. The van der Waals surface area contributed by atoms with Crippen molar-refractivity contribution in [2.75, 3.05) is 26.5 Å². The molecule has 0 aliphatic rings. The van der Waals surface area contributed by atoms with Crippen LogP contribution in [0, 0.1) is 0 Å². The third kappa shape index (κ3) is 5.80. The van der Waals surface area contributed by atoms with Crippen molar-refractivity contribution in [1.82, 2.24) is 9.62 Å². The van der Waals surface area contributed by atoms with Gasteiger partial charge in [0.25, 0.3) is 5.91 Å². The maximum atomic E-state index is 12.5. The Balaban J connectivity index is 2.09. The molecule has 0 fully saturated rings. The molecule has 0 heterocycles. The summed E-state index contributed by atoms with van der Waals surface area (Å²) < 4.78 is 31.2. The number of sulfonamides is 1. The van der Waals surface area contributed by atoms with E-state index in [9.17, 15) is 18.0 Å². The first-order valence-electron chi connectivity index (χ1n) is 9.46. The maximum absolute atomic E-state index is 12.5. The summed E-state index contributed by atoms with van der Waals surface area (Å²) in [5, 5.41) is 5.57. The summed E-state index contributed by atoms with van der Waals surface area (Å²) in [5.74, 6) is -0.282. The zero-order valence-electron chi connectivity index (χ0n) is 17.6. The molecule has 2 aromatic rings. The number of amides is 2. The number of hydrogen-bond donors (Lipinski definition) is 2. The number of methoxy groups -OCH3 is 1. The van der Waals surface area contributed by atoms with E-state index in [1.54, 1.807) is 24.3 Å². The van der Waals surface area contributed by atoms with Crippen molar-refractivity contribution in [1.29, 1.82) is 0 Å². The number of hydrogen-bond acceptors (Lipinski definition) is 5. The van der Waals surface area contributed by atoms with E-state index in [-0.39, 0.29) is 28.7 Å². The van der Waals surface area contributed by atoms with E-state index in [1.807, 2.05) is 6.92 Å². The Morgan fingerprint density at radius 3 is 2.30 bits per heavy atom. The van der Waals surface area contributed by atoms with Crippen LogP contribution in [0.3, 0.4) is 0 Å². The fourth-order valence-electron chi connectivity index (χ4n) is 2.66. The van der Waals surface area contributed by atoms with Gasteiger partial charge in [0.15, 0.2) is 0 Å². The van der Waals surface area contributed by atoms with Gasteiger partial charge in [0, 0.05) is 38.3 Å². The lowest BCUT2D eigenvalue weighted by Gasteiger charge is -2.15. The van der Waals surface area contributed by atoms with Gasteiger partial charge < -0.3 is 15.4 Å². The summed E-state index contributed by atoms with van der Waals surface area (Å²) in [6, 6.07) is 11.4. The van der Waals surface area contributed by atoms with E-state index < -0.39 is 15.9 Å². The predicted molar refractivity (Wildman–Crippen MR) is 115 cm³/mol. The molecule has 0 atom stereocenters. The van der Waals surface area contributed by atoms with Crippen LogP contribution < -0.4 is 15.4 Å². The quantitative estimate of drug-likeness (QED) is 0.633. The second-order valence-electron chi connectivity index (χ2n) is 6.83. The van der Waals surface area contributed by atoms with E-state index in [0.717, 1.165) is 16.3 Å². The van der Waals surface area contributed by atoms with E-state index in [4.69, 9.17) is 4.74 Å². The second kappa shape index (κ2) is 10.2. The zero-order chi connectivity index (χ0) is 22.3. The fraction of sp³-hybridized carbons (Fsp3) is 0.333. The summed E-state index contributed by atoms with van der Waals surface area (Å²) in [6.45, 7) is 2.19. The van der Waals surface area contributed by atoms with E-state index in [2.05, 4.69) is 10.6 Å². The van der Waals surface area contributed by atoms with Crippen molar-refractivity contribution < 1.29 is 22.7 Å². The molecule has 0 radical (unpaired) electrons. The second-order valence-corrected chi connectivity index (χ2v) is 8.95. The lowest BCUT2D eigenvalue weighted by atomic mass is 10.1. The number of nitrogens with zero attached hydrogens (tertiary/aromatic N) is 1. The molecule has 0 unspecified atom stereocenters. The van der Waals surface area contributed by atoms with Crippen molar-refractivity contribution in [2.24, 2.45) is 0 Å². The van der Waals surface area contributed by atoms with Gasteiger partial charge >= 0.3 is 0 Å². The van der Waals surface area contributed by atoms with Crippen LogP contribution in [-0.2, 0) is 21.4 Å². The normalized spacial score (nSPS) is 11.2. The fourth-order valence-corrected chi connectivity index (χ4v) is 3.73. The van der Waals surface area contributed by atoms with E-state index in [1.165, 1.54) is 39.4 Å². The van der Waals surface area contributed by atoms with Crippen LogP contribution in [0.1, 0.15) is 35.7 Å². The Kier molecular flexibility index (Phi) is 7.96. The molecule has 0 bridgehead atoms. The zero-order valence-corrected chi connectivity index (χ0v) is 18.4. The number of anilines is 1. The van der Waals surface area contributed by atoms with Crippen LogP contribution in [0.4, 0.5) is 5.69 Å². The number of rotatable bonds is 9. The highest BCUT2D eigenvalue weighted by Crippen LogP contribution is 2.27. The molecule has 0 saturated carbocycles. The molecule has 2 N–H and O–H groups in total. The van der Waals surface area contributed by atoms with Gasteiger partial charge in [0.2, 0.25) is 15.9 Å². The van der Waals surface area contributed by atoms with Crippen LogP contribution in [0.5, 0.6) is 5.75 Å². The van der Waals surface area contributed by atoms with Gasteiger partial charge in [-0.15, -0.1) is 0 Å². The highest BCUT2D eigenvalue weighted by atomic mass is 32.2. The minimum Gasteiger partial charge on any atom is -0.495 e. The predicted octanol–water partition coefficient (Wildman–Crippen LogP) is 2.61. The highest BCUT2D eigenvalue weighted by Gasteiger charge is 2.23. The molecular formula is C21H27N3O5S. The number of carbonyl (C=O) groups excluding carboxylic acids is 2. The van der Waals surface area contributed by atoms with Crippen molar-refractivity contribution in [3.05, 3.63) is 53.6 Å². The molecule has 8 nitrogen and oxygen atoms in total. The maximum Gasteiger partial charge on any atom is 0.251 e. The lowest BCUT2D eigenvalue weighted by molar-refractivity contribution is -0.116. The summed E-state index contributed by atoms with van der Waals surface area (Å²) in [5.41, 5.74) is 1.74. The van der Waals surface area contributed by atoms with Crippen molar-refractivity contribution in [3.8, 4) is 5.75 Å². The Bertz CT molecular complexity index is 1000. The van der Waals surface area contributed by atoms with Crippen LogP contribution in [-0.4, -0.2) is 45.7 Å². The smallest absolute Gasteiger partial charge is 0.251 e. The van der Waals surface area contributed by atoms with Gasteiger partial charge in [-0.25, -0.2) is 12.7 Å². The topological polar surface area (TPSA) is 105 Å². The van der Waals surface area contributed by atoms with Crippen molar-refractivity contribution in [2.45, 2.75) is 31.2 Å². The molecule has 2 amide bonds. The molecule has 0 aromatic heterocycles. The first-order valence-corrected chi connectivity index (χ1v) is 10.9. The van der Waals surface area contributed by atoms with E-state index in [0.29, 0.717) is 12.1 Å². The monoisotopic (exact) mass is 433 g/mol. The van der Waals surface area contributed by atoms with Gasteiger partial charge in [0.1, 0.15) is 10.6 Å². The largest absolute Gasteiger partial charge is 0.495 e. The van der Waals surface area contributed by atoms with Crippen LogP contribution in [0.25, 0.3) is 0 Å². The average molecular weight is 434 g/mol. The minimum atomic E-state index is -3.77. The van der Waals surface area contributed by atoms with E-state index >= 15 is 0 Å². The van der Waals surface area contributed by atoms with Crippen LogP contribution in [0.2, 0.25) is 0 Å². The molecule has 30 heavy (non-hydrogen) atoms. The Morgan fingerprint density at radius 2 is 1.73 bits per heavy atom. The highest BCUT2D eigenvalue weighted by molar-refractivity contribution is 7.89. The van der Waals surface area contributed by atoms with Crippen LogP contribution >= 0.6 is 0 Å². The number of ether oxygens (including phenoxy) is 1. The summed E-state index contributed by atoms with van der Waals surface area (Å²) >= 11 is 0.